The number of hydrogen-bond donors (Lipinski definition) is 3. The molecule has 0 aliphatic heterocycles. The molecule has 0 aliphatic rings. The Balaban J connectivity index is 1.71. The van der Waals surface area contributed by atoms with Crippen LogP contribution in [0.3, 0.4) is 0 Å². The van der Waals surface area contributed by atoms with Gasteiger partial charge in [-0.15, -0.1) is 5.10 Å². The van der Waals surface area contributed by atoms with E-state index >= 15 is 0 Å². The van der Waals surface area contributed by atoms with Crippen molar-refractivity contribution < 1.29 is 4.79 Å². The predicted molar refractivity (Wildman–Crippen MR) is 77.7 cm³/mol. The summed E-state index contributed by atoms with van der Waals surface area (Å²) in [6.45, 7) is 1.94. The number of amides is 1. The Morgan fingerprint density at radius 3 is 2.71 bits per heavy atom. The fourth-order valence-electron chi connectivity index (χ4n) is 1.89. The molecule has 21 heavy (non-hydrogen) atoms. The summed E-state index contributed by atoms with van der Waals surface area (Å²) in [6.07, 6.45) is 4.08. The zero-order valence-electron chi connectivity index (χ0n) is 11.4. The van der Waals surface area contributed by atoms with Gasteiger partial charge in [0.1, 0.15) is 5.82 Å². The van der Waals surface area contributed by atoms with E-state index in [1.807, 2.05) is 31.2 Å². The van der Waals surface area contributed by atoms with Crippen molar-refractivity contribution in [2.75, 3.05) is 5.32 Å². The number of aromatic amines is 2. The molecule has 2 aromatic heterocycles. The first kappa shape index (κ1) is 13.0. The average Bonchev–Trinajstić information content (AvgIpc) is 3.19. The fourth-order valence-corrected chi connectivity index (χ4v) is 1.89. The number of benzene rings is 1. The highest BCUT2D eigenvalue weighted by atomic mass is 16.2. The third-order valence-corrected chi connectivity index (χ3v) is 3.02. The van der Waals surface area contributed by atoms with Gasteiger partial charge in [0.15, 0.2) is 0 Å². The largest absolute Gasteiger partial charge is 0.345 e. The molecule has 0 saturated heterocycles. The maximum atomic E-state index is 12.0. The van der Waals surface area contributed by atoms with Gasteiger partial charge < -0.3 is 10.3 Å². The summed E-state index contributed by atoms with van der Waals surface area (Å²) in [4.78, 5) is 23.1. The highest BCUT2D eigenvalue weighted by molar-refractivity contribution is 6.01. The highest BCUT2D eigenvalue weighted by Gasteiger charge is 2.12. The number of anilines is 1. The van der Waals surface area contributed by atoms with Crippen LogP contribution in [-0.2, 0) is 6.42 Å². The number of nitrogens with one attached hydrogen (secondary N) is 3. The fraction of sp³-hybridized carbons (Fsp3) is 0.143. The van der Waals surface area contributed by atoms with Gasteiger partial charge in [0.05, 0.1) is 18.2 Å². The van der Waals surface area contributed by atoms with Crippen molar-refractivity contribution in [3.05, 3.63) is 48.4 Å². The molecule has 0 bridgehead atoms. The van der Waals surface area contributed by atoms with Crippen molar-refractivity contribution in [2.24, 2.45) is 0 Å². The summed E-state index contributed by atoms with van der Waals surface area (Å²) in [5.41, 5.74) is 2.61. The molecule has 0 spiro atoms. The van der Waals surface area contributed by atoms with E-state index in [4.69, 9.17) is 0 Å². The molecule has 3 aromatic rings. The number of H-pyrrole nitrogens is 2. The van der Waals surface area contributed by atoms with Crippen LogP contribution in [0.15, 0.2) is 36.8 Å². The minimum Gasteiger partial charge on any atom is -0.345 e. The number of carbonyl (C=O) groups excluding carboxylic acids is 1. The molecule has 0 aliphatic carbocycles. The van der Waals surface area contributed by atoms with Crippen LogP contribution in [-0.4, -0.2) is 31.1 Å². The van der Waals surface area contributed by atoms with Crippen LogP contribution in [0.25, 0.3) is 11.3 Å². The number of hydrogen-bond acceptors (Lipinski definition) is 4. The van der Waals surface area contributed by atoms with E-state index in [1.165, 1.54) is 0 Å². The monoisotopic (exact) mass is 282 g/mol. The smallest absolute Gasteiger partial charge is 0.295 e. The summed E-state index contributed by atoms with van der Waals surface area (Å²) in [5, 5.41) is 9.36. The number of imidazole rings is 1. The van der Waals surface area contributed by atoms with E-state index in [1.54, 1.807) is 12.5 Å². The summed E-state index contributed by atoms with van der Waals surface area (Å²) in [5.74, 6) is 0.500. The van der Waals surface area contributed by atoms with Crippen LogP contribution >= 0.6 is 0 Å². The van der Waals surface area contributed by atoms with Gasteiger partial charge in [-0.2, -0.15) is 0 Å². The van der Waals surface area contributed by atoms with E-state index in [9.17, 15) is 4.79 Å². The Hall–Kier alpha value is -2.96. The van der Waals surface area contributed by atoms with Crippen molar-refractivity contribution in [3.8, 4) is 11.3 Å². The zero-order valence-corrected chi connectivity index (χ0v) is 11.4. The molecule has 0 atom stereocenters. The lowest BCUT2D eigenvalue weighted by Crippen LogP contribution is -2.13. The van der Waals surface area contributed by atoms with Crippen LogP contribution in [0.4, 0.5) is 5.69 Å². The van der Waals surface area contributed by atoms with Crippen LogP contribution in [0.1, 0.15) is 23.4 Å². The SMILES string of the molecule is CCc1nc(C(=O)Nc2ccc(-c3cnc[nH]3)cc2)n[nH]1. The van der Waals surface area contributed by atoms with Crippen LogP contribution in [0.5, 0.6) is 0 Å². The van der Waals surface area contributed by atoms with Crippen molar-refractivity contribution in [1.82, 2.24) is 25.1 Å². The number of nitrogens with zero attached hydrogens (tertiary/aromatic N) is 3. The van der Waals surface area contributed by atoms with E-state index < -0.39 is 0 Å². The molecule has 7 heteroatoms. The first-order valence-electron chi connectivity index (χ1n) is 6.57. The zero-order chi connectivity index (χ0) is 14.7. The first-order chi connectivity index (χ1) is 10.3. The molecule has 2 heterocycles. The van der Waals surface area contributed by atoms with Crippen LogP contribution in [0.2, 0.25) is 0 Å². The second kappa shape index (κ2) is 5.58. The van der Waals surface area contributed by atoms with Gasteiger partial charge in [0, 0.05) is 12.1 Å². The molecule has 106 valence electrons. The molecule has 1 aromatic carbocycles. The Kier molecular flexibility index (Phi) is 3.46. The first-order valence-corrected chi connectivity index (χ1v) is 6.57. The third-order valence-electron chi connectivity index (χ3n) is 3.02. The van der Waals surface area contributed by atoms with Gasteiger partial charge in [-0.3, -0.25) is 9.89 Å². The van der Waals surface area contributed by atoms with Crippen LogP contribution < -0.4 is 5.32 Å². The maximum absolute atomic E-state index is 12.0. The molecule has 3 N–H and O–H groups in total. The molecule has 0 fully saturated rings. The predicted octanol–water partition coefficient (Wildman–Crippen LogP) is 2.01. The van der Waals surface area contributed by atoms with Crippen molar-refractivity contribution in [3.63, 3.8) is 0 Å². The Labute approximate surface area is 120 Å². The van der Waals surface area contributed by atoms with Gasteiger partial charge in [0.2, 0.25) is 5.82 Å². The van der Waals surface area contributed by atoms with Crippen molar-refractivity contribution >= 4 is 11.6 Å². The normalized spacial score (nSPS) is 10.5. The summed E-state index contributed by atoms with van der Waals surface area (Å²) in [7, 11) is 0. The van der Waals surface area contributed by atoms with E-state index in [2.05, 4.69) is 30.5 Å². The molecule has 0 radical (unpaired) electrons. The summed E-state index contributed by atoms with van der Waals surface area (Å²) in [6, 6.07) is 7.44. The van der Waals surface area contributed by atoms with Crippen LogP contribution in [0, 0.1) is 0 Å². The van der Waals surface area contributed by atoms with Gasteiger partial charge in [0.25, 0.3) is 5.91 Å². The topological polar surface area (TPSA) is 99.3 Å². The second-order valence-corrected chi connectivity index (χ2v) is 4.46. The molecule has 3 rings (SSSR count). The summed E-state index contributed by atoms with van der Waals surface area (Å²) >= 11 is 0. The molecular weight excluding hydrogens is 268 g/mol. The number of carbonyl (C=O) groups is 1. The Morgan fingerprint density at radius 1 is 1.29 bits per heavy atom. The van der Waals surface area contributed by atoms with Crippen molar-refractivity contribution in [1.29, 1.82) is 0 Å². The van der Waals surface area contributed by atoms with E-state index in [0.717, 1.165) is 11.3 Å². The third kappa shape index (κ3) is 2.81. The Bertz CT molecular complexity index is 729. The maximum Gasteiger partial charge on any atom is 0.295 e. The second-order valence-electron chi connectivity index (χ2n) is 4.46. The average molecular weight is 282 g/mol. The molecular formula is C14H14N6O. The van der Waals surface area contributed by atoms with Gasteiger partial charge in [-0.1, -0.05) is 19.1 Å². The van der Waals surface area contributed by atoms with E-state index in [-0.39, 0.29) is 11.7 Å². The number of aryl methyl sites for hydroxylation is 1. The molecule has 7 nitrogen and oxygen atoms in total. The van der Waals surface area contributed by atoms with Gasteiger partial charge in [-0.05, 0) is 17.7 Å². The number of aromatic nitrogens is 5. The molecule has 1 amide bonds. The standard InChI is InChI=1S/C14H14N6O/c1-2-12-18-13(20-19-12)14(21)17-10-5-3-9(4-6-10)11-7-15-8-16-11/h3-8H,2H2,1H3,(H,15,16)(H,17,21)(H,18,19,20). The van der Waals surface area contributed by atoms with Gasteiger partial charge >= 0.3 is 0 Å². The number of rotatable bonds is 4. The minimum atomic E-state index is -0.333. The quantitative estimate of drug-likeness (QED) is 0.681. The lowest BCUT2D eigenvalue weighted by molar-refractivity contribution is 0.101. The minimum absolute atomic E-state index is 0.143. The highest BCUT2D eigenvalue weighted by Crippen LogP contribution is 2.18. The molecule has 0 saturated carbocycles. The summed E-state index contributed by atoms with van der Waals surface area (Å²) < 4.78 is 0. The lowest BCUT2D eigenvalue weighted by Gasteiger charge is -2.03. The Morgan fingerprint density at radius 2 is 2.10 bits per heavy atom. The van der Waals surface area contributed by atoms with Crippen molar-refractivity contribution in [2.45, 2.75) is 13.3 Å². The van der Waals surface area contributed by atoms with E-state index in [0.29, 0.717) is 17.9 Å². The molecule has 0 unspecified atom stereocenters. The lowest BCUT2D eigenvalue weighted by atomic mass is 10.1. The van der Waals surface area contributed by atoms with Gasteiger partial charge in [-0.25, -0.2) is 9.97 Å².